The molecule has 3 rings (SSSR count). The zero-order chi connectivity index (χ0) is 19.1. The molecule has 0 radical (unpaired) electrons. The van der Waals surface area contributed by atoms with Crippen LogP contribution in [0, 0.1) is 0 Å². The molecule has 28 heavy (non-hydrogen) atoms. The van der Waals surface area contributed by atoms with Crippen molar-refractivity contribution in [2.45, 2.75) is 50.9 Å². The van der Waals surface area contributed by atoms with Gasteiger partial charge in [-0.3, -0.25) is 4.79 Å². The lowest BCUT2D eigenvalue weighted by Gasteiger charge is -2.31. The minimum atomic E-state index is 0. The van der Waals surface area contributed by atoms with Gasteiger partial charge in [0.15, 0.2) is 0 Å². The summed E-state index contributed by atoms with van der Waals surface area (Å²) in [6, 6.07) is 7.36. The van der Waals surface area contributed by atoms with Crippen molar-refractivity contribution in [2.75, 3.05) is 19.6 Å². The van der Waals surface area contributed by atoms with Crippen LogP contribution >= 0.6 is 24.0 Å². The molecule has 0 aliphatic carbocycles. The van der Waals surface area contributed by atoms with E-state index in [1.165, 1.54) is 0 Å². The van der Waals surface area contributed by atoms with Crippen LogP contribution in [0.25, 0.3) is 11.4 Å². The molecule has 1 fully saturated rings. The first-order valence-corrected chi connectivity index (χ1v) is 10.1. The molecule has 1 aliphatic heterocycles. The summed E-state index contributed by atoms with van der Waals surface area (Å²) in [5, 5.41) is 4.77. The molecule has 0 spiro atoms. The first kappa shape index (κ1) is 22.7. The molecule has 154 valence electrons. The standard InChI is InChI=1S/C20H27ClN4O2.ClH/c21-17-10-8-15(9-11-17)19-23-20(27-24-19)16-6-5-13-25(14-16)18(26)7-3-1-2-4-12-22;/h8-11,16H,1-7,12-14,22H2;1H. The molecule has 1 aromatic carbocycles. The van der Waals surface area contributed by atoms with Crippen LogP contribution in [0.1, 0.15) is 56.8 Å². The normalized spacial score (nSPS) is 16.6. The number of hydrogen-bond acceptors (Lipinski definition) is 5. The Morgan fingerprint density at radius 3 is 2.71 bits per heavy atom. The molecule has 0 saturated carbocycles. The van der Waals surface area contributed by atoms with Gasteiger partial charge in [0.2, 0.25) is 17.6 Å². The molecule has 1 amide bonds. The number of amides is 1. The molecule has 8 heteroatoms. The van der Waals surface area contributed by atoms with Gasteiger partial charge in [-0.25, -0.2) is 0 Å². The Morgan fingerprint density at radius 2 is 1.96 bits per heavy atom. The fourth-order valence-corrected chi connectivity index (χ4v) is 3.58. The summed E-state index contributed by atoms with van der Waals surface area (Å²) in [5.74, 6) is 1.50. The Bertz CT molecular complexity index is 736. The highest BCUT2D eigenvalue weighted by Gasteiger charge is 2.28. The van der Waals surface area contributed by atoms with Gasteiger partial charge in [-0.05, 0) is 56.5 Å². The number of benzene rings is 1. The van der Waals surface area contributed by atoms with Crippen molar-refractivity contribution in [1.82, 2.24) is 15.0 Å². The quantitative estimate of drug-likeness (QED) is 0.630. The summed E-state index contributed by atoms with van der Waals surface area (Å²) < 4.78 is 5.50. The van der Waals surface area contributed by atoms with Crippen LogP contribution in [0.3, 0.4) is 0 Å². The van der Waals surface area contributed by atoms with Crippen molar-refractivity contribution < 1.29 is 9.32 Å². The summed E-state index contributed by atoms with van der Waals surface area (Å²) in [4.78, 5) is 19.0. The van der Waals surface area contributed by atoms with Crippen LogP contribution in [0.5, 0.6) is 0 Å². The van der Waals surface area contributed by atoms with E-state index in [1.54, 1.807) is 0 Å². The van der Waals surface area contributed by atoms with Gasteiger partial charge in [-0.2, -0.15) is 4.98 Å². The highest BCUT2D eigenvalue weighted by Crippen LogP contribution is 2.28. The number of rotatable bonds is 8. The second kappa shape index (κ2) is 11.4. The summed E-state index contributed by atoms with van der Waals surface area (Å²) in [6.45, 7) is 2.20. The van der Waals surface area contributed by atoms with E-state index in [9.17, 15) is 4.79 Å². The lowest BCUT2D eigenvalue weighted by molar-refractivity contribution is -0.132. The number of unbranched alkanes of at least 4 members (excludes halogenated alkanes) is 3. The number of hydrogen-bond donors (Lipinski definition) is 1. The van der Waals surface area contributed by atoms with Gasteiger partial charge in [0.1, 0.15) is 0 Å². The van der Waals surface area contributed by atoms with Crippen molar-refractivity contribution in [3.8, 4) is 11.4 Å². The van der Waals surface area contributed by atoms with Crippen molar-refractivity contribution in [2.24, 2.45) is 5.73 Å². The Kier molecular flexibility index (Phi) is 9.22. The summed E-state index contributed by atoms with van der Waals surface area (Å²) >= 11 is 5.93. The van der Waals surface area contributed by atoms with Gasteiger partial charge >= 0.3 is 0 Å². The Morgan fingerprint density at radius 1 is 1.21 bits per heavy atom. The van der Waals surface area contributed by atoms with E-state index in [-0.39, 0.29) is 24.2 Å². The van der Waals surface area contributed by atoms with Crippen LogP contribution in [-0.4, -0.2) is 40.6 Å². The number of aromatic nitrogens is 2. The van der Waals surface area contributed by atoms with E-state index in [2.05, 4.69) is 10.1 Å². The number of piperidine rings is 1. The van der Waals surface area contributed by atoms with E-state index in [1.807, 2.05) is 29.2 Å². The molecular weight excluding hydrogens is 399 g/mol. The minimum absolute atomic E-state index is 0. The molecule has 1 atom stereocenters. The first-order chi connectivity index (χ1) is 13.2. The average Bonchev–Trinajstić information content (AvgIpc) is 3.18. The maximum Gasteiger partial charge on any atom is 0.231 e. The summed E-state index contributed by atoms with van der Waals surface area (Å²) in [5.41, 5.74) is 6.37. The highest BCUT2D eigenvalue weighted by atomic mass is 35.5. The largest absolute Gasteiger partial charge is 0.342 e. The van der Waals surface area contributed by atoms with Gasteiger partial charge in [-0.1, -0.05) is 29.6 Å². The monoisotopic (exact) mass is 426 g/mol. The molecular formula is C20H28Cl2N4O2. The number of carbonyl (C=O) groups excluding carboxylic acids is 1. The van der Waals surface area contributed by atoms with Crippen molar-refractivity contribution in [3.63, 3.8) is 0 Å². The fraction of sp³-hybridized carbons (Fsp3) is 0.550. The van der Waals surface area contributed by atoms with Crippen LogP contribution in [0.4, 0.5) is 0 Å². The number of likely N-dealkylation sites (tertiary alicyclic amines) is 1. The van der Waals surface area contributed by atoms with Gasteiger partial charge < -0.3 is 15.2 Å². The highest BCUT2D eigenvalue weighted by molar-refractivity contribution is 6.30. The van der Waals surface area contributed by atoms with Crippen molar-refractivity contribution in [3.05, 3.63) is 35.2 Å². The van der Waals surface area contributed by atoms with E-state index >= 15 is 0 Å². The number of nitrogens with two attached hydrogens (primary N) is 1. The van der Waals surface area contributed by atoms with Gasteiger partial charge in [-0.15, -0.1) is 12.4 Å². The SMILES string of the molecule is Cl.NCCCCCCC(=O)N1CCCC(c2nc(-c3ccc(Cl)cc3)no2)C1. The van der Waals surface area contributed by atoms with Crippen LogP contribution in [-0.2, 0) is 4.79 Å². The van der Waals surface area contributed by atoms with E-state index in [0.717, 1.165) is 57.2 Å². The maximum absolute atomic E-state index is 12.5. The van der Waals surface area contributed by atoms with Crippen LogP contribution in [0.2, 0.25) is 5.02 Å². The lowest BCUT2D eigenvalue weighted by Crippen LogP contribution is -2.39. The van der Waals surface area contributed by atoms with Gasteiger partial charge in [0.25, 0.3) is 0 Å². The average molecular weight is 427 g/mol. The van der Waals surface area contributed by atoms with E-state index in [0.29, 0.717) is 29.7 Å². The third-order valence-electron chi connectivity index (χ3n) is 5.01. The number of carbonyl (C=O) groups is 1. The van der Waals surface area contributed by atoms with E-state index < -0.39 is 0 Å². The number of nitrogens with zero attached hydrogens (tertiary/aromatic N) is 3. The molecule has 6 nitrogen and oxygen atoms in total. The smallest absolute Gasteiger partial charge is 0.231 e. The minimum Gasteiger partial charge on any atom is -0.342 e. The molecule has 2 N–H and O–H groups in total. The zero-order valence-electron chi connectivity index (χ0n) is 16.0. The molecule has 2 aromatic rings. The molecule has 1 aliphatic rings. The van der Waals surface area contributed by atoms with Crippen LogP contribution < -0.4 is 5.73 Å². The predicted octanol–water partition coefficient (Wildman–Crippen LogP) is 4.43. The third-order valence-corrected chi connectivity index (χ3v) is 5.26. The molecule has 1 aromatic heterocycles. The topological polar surface area (TPSA) is 85.3 Å². The predicted molar refractivity (Wildman–Crippen MR) is 113 cm³/mol. The molecule has 0 bridgehead atoms. The Labute approximate surface area is 177 Å². The Hall–Kier alpha value is -1.63. The Balaban J connectivity index is 0.00000280. The third kappa shape index (κ3) is 6.19. The summed E-state index contributed by atoms with van der Waals surface area (Å²) in [6.07, 6.45) is 6.66. The number of halogens is 2. The zero-order valence-corrected chi connectivity index (χ0v) is 17.6. The van der Waals surface area contributed by atoms with Crippen LogP contribution in [0.15, 0.2) is 28.8 Å². The molecule has 1 unspecified atom stereocenters. The maximum atomic E-state index is 12.5. The van der Waals surface area contributed by atoms with Gasteiger partial charge in [0, 0.05) is 30.1 Å². The van der Waals surface area contributed by atoms with Gasteiger partial charge in [0.05, 0.1) is 5.92 Å². The fourth-order valence-electron chi connectivity index (χ4n) is 3.45. The molecule has 2 heterocycles. The second-order valence-corrected chi connectivity index (χ2v) is 7.53. The lowest BCUT2D eigenvalue weighted by atomic mass is 9.97. The molecule has 1 saturated heterocycles. The second-order valence-electron chi connectivity index (χ2n) is 7.09. The summed E-state index contributed by atoms with van der Waals surface area (Å²) in [7, 11) is 0. The van der Waals surface area contributed by atoms with Crippen molar-refractivity contribution in [1.29, 1.82) is 0 Å². The first-order valence-electron chi connectivity index (χ1n) is 9.75. The van der Waals surface area contributed by atoms with E-state index in [4.69, 9.17) is 21.9 Å². The van der Waals surface area contributed by atoms with Crippen molar-refractivity contribution >= 4 is 29.9 Å².